The fourth-order valence-corrected chi connectivity index (χ4v) is 5.70. The van der Waals surface area contributed by atoms with E-state index in [9.17, 15) is 10.2 Å². The molecule has 2 fully saturated rings. The third-order valence-corrected chi connectivity index (χ3v) is 7.56. The van der Waals surface area contributed by atoms with Crippen LogP contribution in [0.4, 0.5) is 0 Å². The number of phenols is 2. The van der Waals surface area contributed by atoms with E-state index in [1.165, 1.54) is 0 Å². The molecule has 4 aromatic rings. The molecule has 4 aromatic carbocycles. The number of carboxylic acids is 1. The van der Waals surface area contributed by atoms with E-state index in [4.69, 9.17) is 38.8 Å². The van der Waals surface area contributed by atoms with Gasteiger partial charge in [0.2, 0.25) is 5.72 Å². The maximum atomic E-state index is 10.8. The van der Waals surface area contributed by atoms with Crippen LogP contribution in [0.25, 0.3) is 21.5 Å². The summed E-state index contributed by atoms with van der Waals surface area (Å²) >= 11 is 0. The van der Waals surface area contributed by atoms with E-state index in [2.05, 4.69) is 0 Å². The zero-order chi connectivity index (χ0) is 31.5. The van der Waals surface area contributed by atoms with Gasteiger partial charge in [-0.05, 0) is 47.5 Å². The Hall–Kier alpha value is -3.84. The van der Waals surface area contributed by atoms with Gasteiger partial charge in [-0.15, -0.1) is 0 Å². The first-order valence-corrected chi connectivity index (χ1v) is 14.2. The van der Waals surface area contributed by atoms with Gasteiger partial charge in [0.05, 0.1) is 13.2 Å². The van der Waals surface area contributed by atoms with Crippen molar-refractivity contribution < 1.29 is 55.8 Å². The zero-order valence-electron chi connectivity index (χ0n) is 25.3. The first kappa shape index (κ1) is 34.0. The summed E-state index contributed by atoms with van der Waals surface area (Å²) in [5.74, 6) is -1.41. The van der Waals surface area contributed by atoms with E-state index in [0.717, 1.165) is 28.5 Å². The molecular weight excluding hydrogens is 623 g/mol. The normalized spacial score (nSPS) is 23.9. The zero-order valence-corrected chi connectivity index (χ0v) is 26.4. The first-order chi connectivity index (χ1) is 21.0. The van der Waals surface area contributed by atoms with E-state index in [0.29, 0.717) is 11.1 Å². The molecule has 0 amide bonds. The van der Waals surface area contributed by atoms with Crippen LogP contribution in [0.5, 0.6) is 11.5 Å². The summed E-state index contributed by atoms with van der Waals surface area (Å²) < 4.78 is 24.7. The summed E-state index contributed by atoms with van der Waals surface area (Å²) in [6.07, 6.45) is 1.81. The number of hydrogen-bond acceptors (Lipinski definition) is 9. The largest absolute Gasteiger partial charge is 0.507 e. The predicted octanol–water partition coefficient (Wildman–Crippen LogP) is 5.29. The Balaban J connectivity index is 0.000000871. The number of aromatic hydroxyl groups is 2. The number of aliphatic imine (C=N–C) groups is 2. The third-order valence-electron chi connectivity index (χ3n) is 7.56. The Bertz CT molecular complexity index is 1720. The summed E-state index contributed by atoms with van der Waals surface area (Å²) in [6.45, 7) is 5.10. The van der Waals surface area contributed by atoms with Crippen molar-refractivity contribution in [2.75, 3.05) is 20.3 Å². The number of ether oxygens (including phenoxy) is 4. The topological polar surface area (TPSA) is 139 Å². The standard InChI is InChI=1S/C32H32N2O6.C2H4O2.Co/c1-31(2)39-28-18-38-32(30(37-3)29(28)40-31,34-17-25-23-11-7-5-9-21(23)13-15-27(25)36)19-33-16-24-22-10-6-4-8-20(22)12-14-26(24)35;1-2(3)4;/h4-17,28-30,35-36H,18-19H2,1-3H3;1H3,(H,3,4);/b33-16?,34-17+;;/t28-,29?,30?,32?;;/m0../s1. The van der Waals surface area contributed by atoms with Crippen molar-refractivity contribution >= 4 is 39.9 Å². The Labute approximate surface area is 271 Å². The van der Waals surface area contributed by atoms with Crippen molar-refractivity contribution in [1.82, 2.24) is 0 Å². The molecule has 3 N–H and O–H groups in total. The average molecular weight is 660 g/mol. The molecular formula is C34H36CoN2O8. The van der Waals surface area contributed by atoms with Crippen LogP contribution < -0.4 is 0 Å². The van der Waals surface area contributed by atoms with Crippen LogP contribution in [-0.2, 0) is 40.5 Å². The number of phenolic OH excluding ortho intramolecular Hbond substituents is 2. The van der Waals surface area contributed by atoms with Crippen LogP contribution in [0, 0.1) is 0 Å². The van der Waals surface area contributed by atoms with Gasteiger partial charge in [0.15, 0.2) is 5.79 Å². The minimum absolute atomic E-state index is 0. The van der Waals surface area contributed by atoms with Crippen LogP contribution in [0.1, 0.15) is 31.9 Å². The van der Waals surface area contributed by atoms with Crippen molar-refractivity contribution in [1.29, 1.82) is 0 Å². The van der Waals surface area contributed by atoms with E-state index >= 15 is 0 Å². The molecule has 45 heavy (non-hydrogen) atoms. The quantitative estimate of drug-likeness (QED) is 0.237. The molecule has 239 valence electrons. The number of methoxy groups -OCH3 is 1. The first-order valence-electron chi connectivity index (χ1n) is 14.2. The second kappa shape index (κ2) is 14.1. The van der Waals surface area contributed by atoms with Crippen molar-refractivity contribution in [2.45, 2.75) is 50.6 Å². The molecule has 2 heterocycles. The van der Waals surface area contributed by atoms with Gasteiger partial charge in [-0.1, -0.05) is 60.7 Å². The summed E-state index contributed by atoms with van der Waals surface area (Å²) in [6, 6.07) is 22.6. The van der Waals surface area contributed by atoms with E-state index in [-0.39, 0.29) is 47.5 Å². The van der Waals surface area contributed by atoms with Gasteiger partial charge in [-0.25, -0.2) is 0 Å². The SMILES string of the molecule is CC(=O)O.COC1C2OC(C)(C)O[C@H]2COC1(CN=Cc1c(O)ccc2ccccc12)/N=C/c1c(O)ccc2ccccc12.[Co]. The van der Waals surface area contributed by atoms with Crippen LogP contribution in [0.2, 0.25) is 0 Å². The van der Waals surface area contributed by atoms with E-state index < -0.39 is 29.7 Å². The van der Waals surface area contributed by atoms with Crippen LogP contribution in [0.15, 0.2) is 82.8 Å². The number of nitrogens with zero attached hydrogens (tertiary/aromatic N) is 2. The van der Waals surface area contributed by atoms with Crippen molar-refractivity contribution in [3.05, 3.63) is 83.9 Å². The van der Waals surface area contributed by atoms with Crippen molar-refractivity contribution in [3.63, 3.8) is 0 Å². The fraction of sp³-hybridized carbons (Fsp3) is 0.324. The van der Waals surface area contributed by atoms with Crippen molar-refractivity contribution in [2.24, 2.45) is 9.98 Å². The Morgan fingerprint density at radius 2 is 1.44 bits per heavy atom. The molecule has 0 aromatic heterocycles. The Morgan fingerprint density at radius 1 is 0.911 bits per heavy atom. The van der Waals surface area contributed by atoms with Crippen LogP contribution in [0.3, 0.4) is 0 Å². The number of aliphatic carboxylic acids is 1. The van der Waals surface area contributed by atoms with E-state index in [1.54, 1.807) is 31.7 Å². The Kier molecular flexibility index (Phi) is 10.6. The van der Waals surface area contributed by atoms with Crippen LogP contribution >= 0.6 is 0 Å². The smallest absolute Gasteiger partial charge is 0.300 e. The molecule has 0 saturated carbocycles. The van der Waals surface area contributed by atoms with E-state index in [1.807, 2.05) is 74.5 Å². The summed E-state index contributed by atoms with van der Waals surface area (Å²) in [5, 5.41) is 32.5. The molecule has 2 saturated heterocycles. The number of fused-ring (bicyclic) bond motifs is 3. The summed E-state index contributed by atoms with van der Waals surface area (Å²) in [7, 11) is 1.59. The van der Waals surface area contributed by atoms with Gasteiger partial charge in [0.25, 0.3) is 5.97 Å². The molecule has 0 spiro atoms. The molecule has 11 heteroatoms. The molecule has 1 radical (unpaired) electrons. The van der Waals surface area contributed by atoms with Gasteiger partial charge in [-0.2, -0.15) is 0 Å². The van der Waals surface area contributed by atoms with Gasteiger partial charge in [-0.3, -0.25) is 14.8 Å². The summed E-state index contributed by atoms with van der Waals surface area (Å²) in [4.78, 5) is 18.7. The predicted molar refractivity (Wildman–Crippen MR) is 168 cm³/mol. The molecule has 6 rings (SSSR count). The second-order valence-corrected chi connectivity index (χ2v) is 11.1. The third kappa shape index (κ3) is 7.36. The number of carboxylic acid groups (broad SMARTS) is 1. The molecule has 0 aliphatic carbocycles. The minimum atomic E-state index is -1.29. The molecule has 2 aliphatic rings. The van der Waals surface area contributed by atoms with Gasteiger partial charge in [0, 0.05) is 54.4 Å². The monoisotopic (exact) mass is 659 g/mol. The number of rotatable bonds is 6. The molecule has 2 aliphatic heterocycles. The number of hydrogen-bond donors (Lipinski definition) is 3. The molecule has 4 atom stereocenters. The molecule has 0 bridgehead atoms. The number of benzene rings is 4. The molecule has 3 unspecified atom stereocenters. The maximum absolute atomic E-state index is 10.8. The van der Waals surface area contributed by atoms with Crippen LogP contribution in [-0.4, -0.2) is 83.8 Å². The number of carbonyl (C=O) groups is 1. The van der Waals surface area contributed by atoms with Gasteiger partial charge >= 0.3 is 0 Å². The average Bonchev–Trinajstić information content (AvgIpc) is 3.31. The maximum Gasteiger partial charge on any atom is 0.300 e. The molecule has 10 nitrogen and oxygen atoms in total. The van der Waals surface area contributed by atoms with Gasteiger partial charge in [0.1, 0.15) is 29.8 Å². The second-order valence-electron chi connectivity index (χ2n) is 11.1. The Morgan fingerprint density at radius 3 is 2.00 bits per heavy atom. The van der Waals surface area contributed by atoms with Gasteiger partial charge < -0.3 is 34.3 Å². The minimum Gasteiger partial charge on any atom is -0.507 e. The fourth-order valence-electron chi connectivity index (χ4n) is 5.70. The van der Waals surface area contributed by atoms with Crippen molar-refractivity contribution in [3.8, 4) is 11.5 Å². The summed E-state index contributed by atoms with van der Waals surface area (Å²) in [5.41, 5.74) is -0.120.